The lowest BCUT2D eigenvalue weighted by molar-refractivity contribution is 0.0696. The highest BCUT2D eigenvalue weighted by Crippen LogP contribution is 2.15. The Kier molecular flexibility index (Phi) is 3.21. The van der Waals surface area contributed by atoms with Crippen LogP contribution in [0, 0.1) is 6.92 Å². The predicted molar refractivity (Wildman–Crippen MR) is 63.2 cm³/mol. The number of sulfonamides is 1. The first-order valence-corrected chi connectivity index (χ1v) is 6.53. The SMILES string of the molecule is Cc1noc(NS(=O)(=O)c2cccc(C(=O)O)c2)n1. The Morgan fingerprint density at radius 3 is 2.74 bits per heavy atom. The molecule has 9 heteroatoms. The maximum atomic E-state index is 12.0. The van der Waals surface area contributed by atoms with Gasteiger partial charge >= 0.3 is 12.0 Å². The van der Waals surface area contributed by atoms with Gasteiger partial charge in [0.15, 0.2) is 5.82 Å². The number of carbonyl (C=O) groups is 1. The van der Waals surface area contributed by atoms with Gasteiger partial charge in [-0.25, -0.2) is 17.9 Å². The molecular weight excluding hydrogens is 274 g/mol. The summed E-state index contributed by atoms with van der Waals surface area (Å²) in [4.78, 5) is 14.3. The summed E-state index contributed by atoms with van der Waals surface area (Å²) in [5.74, 6) is -0.942. The third-order valence-electron chi connectivity index (χ3n) is 2.14. The van der Waals surface area contributed by atoms with Gasteiger partial charge in [-0.1, -0.05) is 11.2 Å². The second-order valence-corrected chi connectivity index (χ2v) is 5.27. The summed E-state index contributed by atoms with van der Waals surface area (Å²) >= 11 is 0. The number of aryl methyl sites for hydroxylation is 1. The predicted octanol–water partition coefficient (Wildman–Crippen LogP) is 0.877. The number of hydrogen-bond donors (Lipinski definition) is 2. The normalized spacial score (nSPS) is 11.2. The van der Waals surface area contributed by atoms with Crippen LogP contribution < -0.4 is 4.72 Å². The molecule has 0 amide bonds. The van der Waals surface area contributed by atoms with Gasteiger partial charge in [-0.3, -0.25) is 0 Å². The van der Waals surface area contributed by atoms with Crippen LogP contribution in [-0.2, 0) is 10.0 Å². The molecule has 0 aliphatic heterocycles. The largest absolute Gasteiger partial charge is 0.478 e. The molecule has 0 unspecified atom stereocenters. The number of nitrogens with zero attached hydrogens (tertiary/aromatic N) is 2. The fourth-order valence-electron chi connectivity index (χ4n) is 1.31. The van der Waals surface area contributed by atoms with Gasteiger partial charge in [-0.05, 0) is 25.1 Å². The van der Waals surface area contributed by atoms with E-state index in [1.54, 1.807) is 0 Å². The van der Waals surface area contributed by atoms with Crippen LogP contribution in [0.1, 0.15) is 16.2 Å². The van der Waals surface area contributed by atoms with Crippen molar-refractivity contribution in [2.75, 3.05) is 4.72 Å². The van der Waals surface area contributed by atoms with E-state index in [2.05, 4.69) is 19.4 Å². The number of rotatable bonds is 4. The smallest absolute Gasteiger partial charge is 0.335 e. The highest BCUT2D eigenvalue weighted by molar-refractivity contribution is 7.92. The van der Waals surface area contributed by atoms with Crippen LogP contribution >= 0.6 is 0 Å². The van der Waals surface area contributed by atoms with Crippen LogP contribution in [-0.4, -0.2) is 29.6 Å². The molecule has 8 nitrogen and oxygen atoms in total. The topological polar surface area (TPSA) is 122 Å². The average molecular weight is 283 g/mol. The fourth-order valence-corrected chi connectivity index (χ4v) is 2.28. The van der Waals surface area contributed by atoms with Crippen molar-refractivity contribution >= 4 is 22.0 Å². The van der Waals surface area contributed by atoms with Crippen LogP contribution in [0.25, 0.3) is 0 Å². The maximum absolute atomic E-state index is 12.0. The molecule has 0 spiro atoms. The van der Waals surface area contributed by atoms with E-state index in [1.807, 2.05) is 0 Å². The highest BCUT2D eigenvalue weighted by atomic mass is 32.2. The number of carboxylic acid groups (broad SMARTS) is 1. The van der Waals surface area contributed by atoms with E-state index in [9.17, 15) is 13.2 Å². The Balaban J connectivity index is 2.34. The summed E-state index contributed by atoms with van der Waals surface area (Å²) < 4.78 is 30.6. The molecule has 0 fully saturated rings. The quantitative estimate of drug-likeness (QED) is 0.853. The summed E-state index contributed by atoms with van der Waals surface area (Å²) in [7, 11) is -3.97. The standard InChI is InChI=1S/C10H9N3O5S/c1-6-11-10(18-12-6)13-19(16,17)8-4-2-3-7(5-8)9(14)15/h2-5H,1H3,(H,14,15)(H,11,12,13). The zero-order chi connectivity index (χ0) is 14.0. The molecule has 0 atom stereocenters. The molecule has 1 aromatic heterocycles. The summed E-state index contributed by atoms with van der Waals surface area (Å²) in [6.07, 6.45) is 0. The first-order valence-electron chi connectivity index (χ1n) is 5.05. The first-order chi connectivity index (χ1) is 8.88. The van der Waals surface area contributed by atoms with E-state index in [4.69, 9.17) is 5.11 Å². The number of hydrogen-bond acceptors (Lipinski definition) is 6. The van der Waals surface area contributed by atoms with Gasteiger partial charge in [0.25, 0.3) is 10.0 Å². The summed E-state index contributed by atoms with van der Waals surface area (Å²) in [5.41, 5.74) is -0.135. The molecular formula is C10H9N3O5S. The van der Waals surface area contributed by atoms with Crippen LogP contribution in [0.2, 0.25) is 0 Å². The van der Waals surface area contributed by atoms with E-state index in [1.165, 1.54) is 25.1 Å². The van der Waals surface area contributed by atoms with Crippen LogP contribution in [0.15, 0.2) is 33.7 Å². The van der Waals surface area contributed by atoms with Crippen molar-refractivity contribution in [3.05, 3.63) is 35.7 Å². The molecule has 1 aromatic carbocycles. The Morgan fingerprint density at radius 2 is 2.16 bits per heavy atom. The Morgan fingerprint density at radius 1 is 1.42 bits per heavy atom. The van der Waals surface area contributed by atoms with E-state index in [0.717, 1.165) is 6.07 Å². The van der Waals surface area contributed by atoms with E-state index < -0.39 is 16.0 Å². The number of anilines is 1. The summed E-state index contributed by atoms with van der Waals surface area (Å²) in [5, 5.41) is 12.2. The van der Waals surface area contributed by atoms with Crippen molar-refractivity contribution in [1.82, 2.24) is 10.1 Å². The third kappa shape index (κ3) is 2.88. The van der Waals surface area contributed by atoms with Crippen molar-refractivity contribution < 1.29 is 22.8 Å². The third-order valence-corrected chi connectivity index (χ3v) is 3.46. The van der Waals surface area contributed by atoms with Gasteiger partial charge < -0.3 is 9.63 Å². The number of carboxylic acids is 1. The van der Waals surface area contributed by atoms with Gasteiger partial charge in [0, 0.05) is 0 Å². The first kappa shape index (κ1) is 13.0. The van der Waals surface area contributed by atoms with Gasteiger partial charge in [0.1, 0.15) is 0 Å². The lowest BCUT2D eigenvalue weighted by Crippen LogP contribution is -2.14. The van der Waals surface area contributed by atoms with Crippen molar-refractivity contribution in [3.63, 3.8) is 0 Å². The van der Waals surface area contributed by atoms with Gasteiger partial charge in [0.2, 0.25) is 0 Å². The molecule has 0 bridgehead atoms. The highest BCUT2D eigenvalue weighted by Gasteiger charge is 2.18. The number of aromatic nitrogens is 2. The molecule has 0 saturated heterocycles. The fraction of sp³-hybridized carbons (Fsp3) is 0.100. The second kappa shape index (κ2) is 4.69. The zero-order valence-corrected chi connectivity index (χ0v) is 10.5. The molecule has 0 saturated carbocycles. The monoisotopic (exact) mass is 283 g/mol. The Labute approximate surface area is 108 Å². The molecule has 2 N–H and O–H groups in total. The molecule has 0 aliphatic rings. The second-order valence-electron chi connectivity index (χ2n) is 3.59. The molecule has 19 heavy (non-hydrogen) atoms. The van der Waals surface area contributed by atoms with Gasteiger partial charge in [0.05, 0.1) is 10.5 Å². The molecule has 1 heterocycles. The number of benzene rings is 1. The molecule has 0 aliphatic carbocycles. The minimum atomic E-state index is -3.97. The summed E-state index contributed by atoms with van der Waals surface area (Å²) in [6.45, 7) is 1.53. The molecule has 2 aromatic rings. The maximum Gasteiger partial charge on any atom is 0.335 e. The van der Waals surface area contributed by atoms with E-state index in [-0.39, 0.29) is 22.3 Å². The molecule has 2 rings (SSSR count). The van der Waals surface area contributed by atoms with Crippen molar-refractivity contribution in [2.45, 2.75) is 11.8 Å². The zero-order valence-electron chi connectivity index (χ0n) is 9.69. The van der Waals surface area contributed by atoms with Crippen LogP contribution in [0.4, 0.5) is 6.01 Å². The Bertz CT molecular complexity index is 722. The van der Waals surface area contributed by atoms with Crippen LogP contribution in [0.5, 0.6) is 0 Å². The molecule has 0 radical (unpaired) electrons. The lowest BCUT2D eigenvalue weighted by Gasteiger charge is -2.04. The van der Waals surface area contributed by atoms with Crippen molar-refractivity contribution in [2.24, 2.45) is 0 Å². The minimum Gasteiger partial charge on any atom is -0.478 e. The van der Waals surface area contributed by atoms with E-state index >= 15 is 0 Å². The summed E-state index contributed by atoms with van der Waals surface area (Å²) in [6, 6.07) is 4.64. The lowest BCUT2D eigenvalue weighted by atomic mass is 10.2. The molecule has 100 valence electrons. The van der Waals surface area contributed by atoms with Gasteiger partial charge in [-0.15, -0.1) is 0 Å². The average Bonchev–Trinajstić information content (AvgIpc) is 2.74. The van der Waals surface area contributed by atoms with Crippen LogP contribution in [0.3, 0.4) is 0 Å². The number of aromatic carboxylic acids is 1. The Hall–Kier alpha value is -2.42. The van der Waals surface area contributed by atoms with Crippen molar-refractivity contribution in [1.29, 1.82) is 0 Å². The van der Waals surface area contributed by atoms with Gasteiger partial charge in [-0.2, -0.15) is 4.98 Å². The number of nitrogens with one attached hydrogen (secondary N) is 1. The van der Waals surface area contributed by atoms with Crippen molar-refractivity contribution in [3.8, 4) is 0 Å². The minimum absolute atomic E-state index is 0.135. The van der Waals surface area contributed by atoms with E-state index in [0.29, 0.717) is 0 Å².